The molecule has 0 aliphatic carbocycles. The number of carboxylic acid groups (broad SMARTS) is 1. The molecule has 2 N–H and O–H groups in total. The second kappa shape index (κ2) is 6.47. The quantitative estimate of drug-likeness (QED) is 0.838. The first-order valence-electron chi connectivity index (χ1n) is 6.69. The van der Waals surface area contributed by atoms with Gasteiger partial charge in [0.05, 0.1) is 12.4 Å². The molecule has 19 heavy (non-hydrogen) atoms. The molecule has 104 valence electrons. The number of piperidine rings is 1. The van der Waals surface area contributed by atoms with Gasteiger partial charge < -0.3 is 15.3 Å². The van der Waals surface area contributed by atoms with E-state index in [-0.39, 0.29) is 11.7 Å². The lowest BCUT2D eigenvalue weighted by atomic mass is 10.1. The zero-order valence-electron chi connectivity index (χ0n) is 11.2. The fourth-order valence-electron chi connectivity index (χ4n) is 2.37. The van der Waals surface area contributed by atoms with Crippen LogP contribution in [0.4, 0.5) is 5.82 Å². The van der Waals surface area contributed by atoms with Gasteiger partial charge >= 0.3 is 5.97 Å². The number of hydrogen-bond acceptors (Lipinski definition) is 5. The molecule has 1 fully saturated rings. The van der Waals surface area contributed by atoms with E-state index < -0.39 is 5.97 Å². The van der Waals surface area contributed by atoms with E-state index in [1.807, 2.05) is 0 Å². The fraction of sp³-hybridized carbons (Fsp3) is 0.615. The van der Waals surface area contributed by atoms with Crippen LogP contribution in [0.5, 0.6) is 0 Å². The van der Waals surface area contributed by atoms with Crippen molar-refractivity contribution >= 4 is 11.8 Å². The molecule has 1 saturated heterocycles. The third-order valence-electron chi connectivity index (χ3n) is 3.23. The number of anilines is 1. The van der Waals surface area contributed by atoms with Gasteiger partial charge in [0.1, 0.15) is 5.82 Å². The Balaban J connectivity index is 1.88. The number of aromatic nitrogens is 2. The van der Waals surface area contributed by atoms with E-state index >= 15 is 0 Å². The fourth-order valence-corrected chi connectivity index (χ4v) is 2.37. The summed E-state index contributed by atoms with van der Waals surface area (Å²) in [6, 6.07) is 0.219. The molecule has 0 aromatic carbocycles. The Bertz CT molecular complexity index is 432. The number of carbonyl (C=O) groups is 1. The number of nitrogens with zero attached hydrogens (tertiary/aromatic N) is 3. The largest absolute Gasteiger partial charge is 0.476 e. The lowest BCUT2D eigenvalue weighted by Gasteiger charge is -2.29. The van der Waals surface area contributed by atoms with Crippen molar-refractivity contribution in [3.8, 4) is 0 Å². The van der Waals surface area contributed by atoms with Gasteiger partial charge in [-0.3, -0.25) is 4.98 Å². The third kappa shape index (κ3) is 4.17. The molecule has 1 unspecified atom stereocenters. The van der Waals surface area contributed by atoms with Crippen LogP contribution in [0.25, 0.3) is 0 Å². The zero-order chi connectivity index (χ0) is 13.7. The molecule has 0 amide bonds. The molecular formula is C13H20N4O2. The van der Waals surface area contributed by atoms with Gasteiger partial charge in [-0.15, -0.1) is 0 Å². The van der Waals surface area contributed by atoms with E-state index in [9.17, 15) is 4.79 Å². The molecule has 1 aromatic heterocycles. The van der Waals surface area contributed by atoms with Crippen molar-refractivity contribution in [2.75, 3.05) is 25.0 Å². The van der Waals surface area contributed by atoms with Gasteiger partial charge in [-0.05, 0) is 32.9 Å². The second-order valence-electron chi connectivity index (χ2n) is 5.00. The lowest BCUT2D eigenvalue weighted by Crippen LogP contribution is -2.38. The molecule has 6 nitrogen and oxygen atoms in total. The Morgan fingerprint density at radius 2 is 2.16 bits per heavy atom. The minimum Gasteiger partial charge on any atom is -0.476 e. The maximum Gasteiger partial charge on any atom is 0.356 e. The van der Waals surface area contributed by atoms with Crippen LogP contribution in [0, 0.1) is 0 Å². The lowest BCUT2D eigenvalue weighted by molar-refractivity contribution is 0.0690. The van der Waals surface area contributed by atoms with Crippen molar-refractivity contribution in [3.05, 3.63) is 18.1 Å². The average Bonchev–Trinajstić information content (AvgIpc) is 2.40. The van der Waals surface area contributed by atoms with E-state index in [2.05, 4.69) is 27.1 Å². The number of likely N-dealkylation sites (tertiary alicyclic amines) is 1. The third-order valence-corrected chi connectivity index (χ3v) is 3.23. The van der Waals surface area contributed by atoms with Crippen molar-refractivity contribution in [1.29, 1.82) is 0 Å². The first-order valence-corrected chi connectivity index (χ1v) is 6.69. The molecule has 1 atom stereocenters. The van der Waals surface area contributed by atoms with Crippen molar-refractivity contribution in [2.24, 2.45) is 0 Å². The summed E-state index contributed by atoms with van der Waals surface area (Å²) >= 11 is 0. The van der Waals surface area contributed by atoms with Crippen LogP contribution in [0.15, 0.2) is 12.4 Å². The molecule has 0 saturated carbocycles. The van der Waals surface area contributed by atoms with E-state index in [1.165, 1.54) is 25.5 Å². The summed E-state index contributed by atoms with van der Waals surface area (Å²) in [6.45, 7) is 5.31. The summed E-state index contributed by atoms with van der Waals surface area (Å²) in [5, 5.41) is 12.1. The minimum atomic E-state index is -1.06. The van der Waals surface area contributed by atoms with Gasteiger partial charge in [0.15, 0.2) is 5.69 Å². The predicted molar refractivity (Wildman–Crippen MR) is 72.4 cm³/mol. The van der Waals surface area contributed by atoms with Gasteiger partial charge in [0, 0.05) is 12.6 Å². The molecular weight excluding hydrogens is 244 g/mol. The topological polar surface area (TPSA) is 78.4 Å². The average molecular weight is 264 g/mol. The highest BCUT2D eigenvalue weighted by Crippen LogP contribution is 2.10. The van der Waals surface area contributed by atoms with Crippen LogP contribution in [-0.4, -0.2) is 51.6 Å². The van der Waals surface area contributed by atoms with Crippen LogP contribution in [-0.2, 0) is 0 Å². The molecule has 0 radical (unpaired) electrons. The summed E-state index contributed by atoms with van der Waals surface area (Å²) in [6.07, 6.45) is 6.66. The zero-order valence-corrected chi connectivity index (χ0v) is 11.2. The predicted octanol–water partition coefficient (Wildman–Crippen LogP) is 1.46. The number of aromatic carboxylic acids is 1. The van der Waals surface area contributed by atoms with Crippen LogP contribution in [0.1, 0.15) is 36.7 Å². The number of carboxylic acids is 1. The normalized spacial score (nSPS) is 17.9. The number of nitrogens with one attached hydrogen (secondary N) is 1. The second-order valence-corrected chi connectivity index (χ2v) is 5.00. The molecule has 2 rings (SSSR count). The highest BCUT2D eigenvalue weighted by Gasteiger charge is 2.14. The van der Waals surface area contributed by atoms with Gasteiger partial charge in [-0.1, -0.05) is 6.42 Å². The number of rotatable bonds is 5. The number of hydrogen-bond donors (Lipinski definition) is 2. The highest BCUT2D eigenvalue weighted by atomic mass is 16.4. The van der Waals surface area contributed by atoms with Crippen molar-refractivity contribution in [2.45, 2.75) is 32.2 Å². The monoisotopic (exact) mass is 264 g/mol. The van der Waals surface area contributed by atoms with Crippen LogP contribution in [0.2, 0.25) is 0 Å². The smallest absolute Gasteiger partial charge is 0.356 e. The molecule has 2 heterocycles. The first kappa shape index (κ1) is 13.7. The Labute approximate surface area is 112 Å². The van der Waals surface area contributed by atoms with Crippen LogP contribution < -0.4 is 5.32 Å². The van der Waals surface area contributed by atoms with Crippen molar-refractivity contribution in [1.82, 2.24) is 14.9 Å². The summed E-state index contributed by atoms with van der Waals surface area (Å²) in [5.74, 6) is -0.538. The van der Waals surface area contributed by atoms with Gasteiger partial charge in [0.2, 0.25) is 0 Å². The molecule has 1 aliphatic heterocycles. The summed E-state index contributed by atoms with van der Waals surface area (Å²) < 4.78 is 0. The maximum absolute atomic E-state index is 10.8. The maximum atomic E-state index is 10.8. The van der Waals surface area contributed by atoms with E-state index in [1.54, 1.807) is 6.20 Å². The van der Waals surface area contributed by atoms with E-state index in [4.69, 9.17) is 5.11 Å². The van der Waals surface area contributed by atoms with Crippen LogP contribution in [0.3, 0.4) is 0 Å². The minimum absolute atomic E-state index is 0.0322. The molecule has 0 bridgehead atoms. The molecule has 0 spiro atoms. The summed E-state index contributed by atoms with van der Waals surface area (Å²) in [7, 11) is 0. The van der Waals surface area contributed by atoms with Gasteiger partial charge in [-0.25, -0.2) is 9.78 Å². The Morgan fingerprint density at radius 3 is 2.84 bits per heavy atom. The van der Waals surface area contributed by atoms with Crippen molar-refractivity contribution < 1.29 is 9.90 Å². The highest BCUT2D eigenvalue weighted by molar-refractivity contribution is 5.85. The Kier molecular flexibility index (Phi) is 4.68. The Hall–Kier alpha value is -1.69. The molecule has 1 aromatic rings. The molecule has 6 heteroatoms. The van der Waals surface area contributed by atoms with E-state index in [0.717, 1.165) is 19.6 Å². The van der Waals surface area contributed by atoms with Gasteiger partial charge in [-0.2, -0.15) is 0 Å². The first-order chi connectivity index (χ1) is 9.15. The van der Waals surface area contributed by atoms with Crippen molar-refractivity contribution in [3.63, 3.8) is 0 Å². The van der Waals surface area contributed by atoms with Gasteiger partial charge in [0.25, 0.3) is 0 Å². The van der Waals surface area contributed by atoms with E-state index in [0.29, 0.717) is 5.82 Å². The molecule has 1 aliphatic rings. The summed E-state index contributed by atoms with van der Waals surface area (Å²) in [4.78, 5) is 21.1. The summed E-state index contributed by atoms with van der Waals surface area (Å²) in [5.41, 5.74) is -0.0322. The standard InChI is InChI=1S/C13H20N4O2/c1-10(9-17-5-3-2-4-6-17)15-12-8-14-7-11(16-12)13(18)19/h7-8,10H,2-6,9H2,1H3,(H,15,16)(H,18,19). The SMILES string of the molecule is CC(CN1CCCCC1)Nc1cncc(C(=O)O)n1. The Morgan fingerprint density at radius 1 is 1.42 bits per heavy atom. The van der Waals surface area contributed by atoms with Crippen LogP contribution >= 0.6 is 0 Å².